The number of nitrogens with two attached hydrogens (primary N) is 1. The highest BCUT2D eigenvalue weighted by atomic mass is 35.5. The van der Waals surface area contributed by atoms with Crippen LogP contribution in [0.25, 0.3) is 11.3 Å². The van der Waals surface area contributed by atoms with Crippen LogP contribution < -0.4 is 11.1 Å². The Morgan fingerprint density at radius 2 is 2.00 bits per heavy atom. The fourth-order valence-corrected chi connectivity index (χ4v) is 2.30. The predicted molar refractivity (Wildman–Crippen MR) is 91.3 cm³/mol. The van der Waals surface area contributed by atoms with E-state index in [0.29, 0.717) is 22.0 Å². The summed E-state index contributed by atoms with van der Waals surface area (Å²) in [5.41, 5.74) is 8.70. The van der Waals surface area contributed by atoms with Gasteiger partial charge in [0.25, 0.3) is 5.91 Å². The summed E-state index contributed by atoms with van der Waals surface area (Å²) in [4.78, 5) is 20.7. The maximum atomic E-state index is 12.4. The first-order chi connectivity index (χ1) is 11.1. The lowest BCUT2D eigenvalue weighted by atomic mass is 10.1. The zero-order valence-electron chi connectivity index (χ0n) is 12.0. The minimum atomic E-state index is -0.328. The number of carbonyl (C=O) groups is 1. The van der Waals surface area contributed by atoms with Gasteiger partial charge in [0.15, 0.2) is 0 Å². The fourth-order valence-electron chi connectivity index (χ4n) is 2.10. The molecule has 3 rings (SSSR count). The Morgan fingerprint density at radius 3 is 2.78 bits per heavy atom. The summed E-state index contributed by atoms with van der Waals surface area (Å²) in [6.45, 7) is 0. The number of carbonyl (C=O) groups excluding carboxylic acids is 1. The van der Waals surface area contributed by atoms with E-state index in [-0.39, 0.29) is 5.91 Å². The first-order valence-corrected chi connectivity index (χ1v) is 7.24. The molecule has 0 atom stereocenters. The number of hydrogen-bond donors (Lipinski definition) is 2. The van der Waals surface area contributed by atoms with Crippen molar-refractivity contribution in [2.75, 3.05) is 11.1 Å². The molecular formula is C17H13ClN4O. The number of nitrogens with one attached hydrogen (secondary N) is 1. The van der Waals surface area contributed by atoms with E-state index in [9.17, 15) is 4.79 Å². The van der Waals surface area contributed by atoms with Crippen LogP contribution in [-0.4, -0.2) is 15.9 Å². The summed E-state index contributed by atoms with van der Waals surface area (Å²) >= 11 is 6.05. The number of pyridine rings is 2. The lowest BCUT2D eigenvalue weighted by Gasteiger charge is -2.09. The van der Waals surface area contributed by atoms with Crippen LogP contribution in [0.2, 0.25) is 5.02 Å². The van der Waals surface area contributed by atoms with E-state index in [1.807, 2.05) is 12.1 Å². The minimum Gasteiger partial charge on any atom is -0.399 e. The summed E-state index contributed by atoms with van der Waals surface area (Å²) < 4.78 is 0. The number of rotatable bonds is 3. The second-order valence-electron chi connectivity index (χ2n) is 4.86. The molecule has 0 spiro atoms. The summed E-state index contributed by atoms with van der Waals surface area (Å²) in [5, 5.41) is 3.14. The van der Waals surface area contributed by atoms with Crippen LogP contribution in [0.15, 0.2) is 61.1 Å². The van der Waals surface area contributed by atoms with Gasteiger partial charge in [0.1, 0.15) is 0 Å². The van der Waals surface area contributed by atoms with Gasteiger partial charge in [-0.2, -0.15) is 0 Å². The molecule has 0 fully saturated rings. The molecule has 3 N–H and O–H groups in total. The van der Waals surface area contributed by atoms with Crippen molar-refractivity contribution in [1.29, 1.82) is 0 Å². The molecular weight excluding hydrogens is 312 g/mol. The molecule has 0 saturated heterocycles. The molecule has 23 heavy (non-hydrogen) atoms. The number of nitrogen functional groups attached to an aromatic ring is 1. The molecule has 0 unspecified atom stereocenters. The van der Waals surface area contributed by atoms with Crippen molar-refractivity contribution in [3.8, 4) is 11.3 Å². The van der Waals surface area contributed by atoms with E-state index < -0.39 is 0 Å². The summed E-state index contributed by atoms with van der Waals surface area (Å²) in [5.74, 6) is -0.328. The van der Waals surface area contributed by atoms with E-state index in [0.717, 1.165) is 11.3 Å². The lowest BCUT2D eigenvalue weighted by Crippen LogP contribution is -2.13. The number of amides is 1. The topological polar surface area (TPSA) is 80.9 Å². The summed E-state index contributed by atoms with van der Waals surface area (Å²) in [6, 6.07) is 12.0. The fraction of sp³-hybridized carbons (Fsp3) is 0. The Labute approximate surface area is 138 Å². The SMILES string of the molecule is Nc1ccc(Cl)c(C(=O)Nc2ccnc(-c3cccnc3)c2)c1. The number of hydrogen-bond acceptors (Lipinski definition) is 4. The first kappa shape index (κ1) is 15.0. The van der Waals surface area contributed by atoms with Gasteiger partial charge >= 0.3 is 0 Å². The first-order valence-electron chi connectivity index (χ1n) is 6.86. The monoisotopic (exact) mass is 324 g/mol. The highest BCUT2D eigenvalue weighted by Crippen LogP contribution is 2.22. The maximum absolute atomic E-state index is 12.4. The number of halogens is 1. The predicted octanol–water partition coefficient (Wildman–Crippen LogP) is 3.63. The molecule has 0 bridgehead atoms. The van der Waals surface area contributed by atoms with Crippen molar-refractivity contribution in [1.82, 2.24) is 9.97 Å². The molecule has 0 aliphatic heterocycles. The van der Waals surface area contributed by atoms with Crippen LogP contribution in [0.3, 0.4) is 0 Å². The van der Waals surface area contributed by atoms with Gasteiger partial charge in [-0.3, -0.25) is 14.8 Å². The van der Waals surface area contributed by atoms with Gasteiger partial charge in [0.2, 0.25) is 0 Å². The highest BCUT2D eigenvalue weighted by Gasteiger charge is 2.11. The third-order valence-corrected chi connectivity index (χ3v) is 3.54. The van der Waals surface area contributed by atoms with Crippen molar-refractivity contribution in [3.05, 3.63) is 71.6 Å². The molecule has 2 aromatic heterocycles. The van der Waals surface area contributed by atoms with Crippen molar-refractivity contribution >= 4 is 28.9 Å². The van der Waals surface area contributed by atoms with Crippen LogP contribution in [0.4, 0.5) is 11.4 Å². The minimum absolute atomic E-state index is 0.325. The smallest absolute Gasteiger partial charge is 0.257 e. The van der Waals surface area contributed by atoms with E-state index >= 15 is 0 Å². The van der Waals surface area contributed by atoms with Gasteiger partial charge in [0, 0.05) is 35.5 Å². The van der Waals surface area contributed by atoms with Crippen molar-refractivity contribution < 1.29 is 4.79 Å². The van der Waals surface area contributed by atoms with E-state index in [2.05, 4.69) is 15.3 Å². The van der Waals surface area contributed by atoms with E-state index in [1.54, 1.807) is 48.9 Å². The molecule has 1 amide bonds. The standard InChI is InChI=1S/C17H13ClN4O/c18-15-4-3-12(19)8-14(15)17(23)22-13-5-7-21-16(9-13)11-2-1-6-20-10-11/h1-10H,19H2,(H,21,22,23). The van der Waals surface area contributed by atoms with Gasteiger partial charge < -0.3 is 11.1 Å². The average Bonchev–Trinajstić information content (AvgIpc) is 2.58. The van der Waals surface area contributed by atoms with E-state index in [4.69, 9.17) is 17.3 Å². The number of aromatic nitrogens is 2. The Hall–Kier alpha value is -2.92. The molecule has 114 valence electrons. The van der Waals surface area contributed by atoms with Gasteiger partial charge in [-0.1, -0.05) is 11.6 Å². The Balaban J connectivity index is 1.86. The van der Waals surface area contributed by atoms with E-state index in [1.165, 1.54) is 0 Å². The average molecular weight is 325 g/mol. The summed E-state index contributed by atoms with van der Waals surface area (Å²) in [6.07, 6.45) is 5.03. The highest BCUT2D eigenvalue weighted by molar-refractivity contribution is 6.34. The van der Waals surface area contributed by atoms with Crippen molar-refractivity contribution in [2.24, 2.45) is 0 Å². The van der Waals surface area contributed by atoms with Gasteiger partial charge in [-0.15, -0.1) is 0 Å². The third kappa shape index (κ3) is 3.46. The molecule has 6 heteroatoms. The van der Waals surface area contributed by atoms with Crippen LogP contribution in [0, 0.1) is 0 Å². The Bertz CT molecular complexity index is 852. The quantitative estimate of drug-likeness (QED) is 0.721. The Morgan fingerprint density at radius 1 is 1.13 bits per heavy atom. The van der Waals surface area contributed by atoms with Crippen molar-refractivity contribution in [3.63, 3.8) is 0 Å². The normalized spacial score (nSPS) is 10.3. The summed E-state index contributed by atoms with van der Waals surface area (Å²) in [7, 11) is 0. The molecule has 0 saturated carbocycles. The van der Waals surface area contributed by atoms with Crippen LogP contribution >= 0.6 is 11.6 Å². The lowest BCUT2D eigenvalue weighted by molar-refractivity contribution is 0.102. The molecule has 1 aromatic carbocycles. The largest absolute Gasteiger partial charge is 0.399 e. The molecule has 3 aromatic rings. The molecule has 0 radical (unpaired) electrons. The zero-order valence-corrected chi connectivity index (χ0v) is 12.8. The van der Waals surface area contributed by atoms with Gasteiger partial charge in [0.05, 0.1) is 16.3 Å². The van der Waals surface area contributed by atoms with Crippen LogP contribution in [-0.2, 0) is 0 Å². The molecule has 2 heterocycles. The number of benzene rings is 1. The molecule has 0 aliphatic carbocycles. The Kier molecular flexibility index (Phi) is 4.21. The zero-order chi connectivity index (χ0) is 16.2. The molecule has 0 aliphatic rings. The van der Waals surface area contributed by atoms with Crippen LogP contribution in [0.1, 0.15) is 10.4 Å². The number of anilines is 2. The van der Waals surface area contributed by atoms with Gasteiger partial charge in [-0.05, 0) is 42.5 Å². The second kappa shape index (κ2) is 6.46. The second-order valence-corrected chi connectivity index (χ2v) is 5.27. The third-order valence-electron chi connectivity index (χ3n) is 3.21. The van der Waals surface area contributed by atoms with Crippen LogP contribution in [0.5, 0.6) is 0 Å². The van der Waals surface area contributed by atoms with Crippen molar-refractivity contribution in [2.45, 2.75) is 0 Å². The maximum Gasteiger partial charge on any atom is 0.257 e. The number of nitrogens with zero attached hydrogens (tertiary/aromatic N) is 2. The molecule has 5 nitrogen and oxygen atoms in total. The van der Waals surface area contributed by atoms with Gasteiger partial charge in [-0.25, -0.2) is 0 Å².